The predicted molar refractivity (Wildman–Crippen MR) is 89.2 cm³/mol. The molecular weight excluding hydrogens is 354 g/mol. The van der Waals surface area contributed by atoms with E-state index in [1.807, 2.05) is 24.3 Å². The van der Waals surface area contributed by atoms with E-state index in [0.717, 1.165) is 10.0 Å². The number of carbonyl (C=O) groups excluding carboxylic acids is 1. The summed E-state index contributed by atoms with van der Waals surface area (Å²) in [6, 6.07) is 12.8. The zero-order valence-electron chi connectivity index (χ0n) is 11.4. The Morgan fingerprint density at radius 3 is 2.57 bits per heavy atom. The van der Waals surface area contributed by atoms with E-state index in [0.29, 0.717) is 22.8 Å². The van der Waals surface area contributed by atoms with Crippen molar-refractivity contribution < 1.29 is 4.79 Å². The van der Waals surface area contributed by atoms with E-state index in [9.17, 15) is 4.79 Å². The van der Waals surface area contributed by atoms with Crippen molar-refractivity contribution in [1.29, 1.82) is 0 Å². The number of benzene rings is 2. The maximum Gasteiger partial charge on any atom is 0.256 e. The summed E-state index contributed by atoms with van der Waals surface area (Å²) in [6.45, 7) is 0.503. The summed E-state index contributed by atoms with van der Waals surface area (Å²) in [5.41, 5.74) is 4.55. The lowest BCUT2D eigenvalue weighted by atomic mass is 10.1. The maximum absolute atomic E-state index is 12.5. The molecule has 2 rings (SSSR count). The van der Waals surface area contributed by atoms with Gasteiger partial charge in [-0.15, -0.1) is 0 Å². The van der Waals surface area contributed by atoms with E-state index < -0.39 is 0 Å². The van der Waals surface area contributed by atoms with Crippen LogP contribution in [-0.4, -0.2) is 17.9 Å². The van der Waals surface area contributed by atoms with Crippen LogP contribution in [0.4, 0.5) is 5.69 Å². The molecule has 1 amide bonds. The van der Waals surface area contributed by atoms with Gasteiger partial charge in [-0.3, -0.25) is 10.6 Å². The first-order valence-corrected chi connectivity index (χ1v) is 7.44. The van der Waals surface area contributed by atoms with Gasteiger partial charge >= 0.3 is 0 Å². The highest BCUT2D eigenvalue weighted by Crippen LogP contribution is 2.22. The van der Waals surface area contributed by atoms with Crippen molar-refractivity contribution in [2.75, 3.05) is 12.5 Å². The standard InChI is InChI=1S/C15H15BrClN3O/c1-20(9-10-2-4-11(16)5-3-10)15(21)13-8-12(17)6-7-14(13)19-18/h2-8,19H,9,18H2,1H3. The van der Waals surface area contributed by atoms with E-state index in [1.54, 1.807) is 30.1 Å². The molecule has 6 heteroatoms. The first-order chi connectivity index (χ1) is 10.0. The second-order valence-corrected chi connectivity index (χ2v) is 5.97. The molecule has 0 fully saturated rings. The lowest BCUT2D eigenvalue weighted by Gasteiger charge is -2.19. The van der Waals surface area contributed by atoms with Crippen molar-refractivity contribution in [2.24, 2.45) is 5.84 Å². The first-order valence-electron chi connectivity index (χ1n) is 6.27. The maximum atomic E-state index is 12.5. The molecule has 0 aliphatic rings. The fourth-order valence-electron chi connectivity index (χ4n) is 1.96. The molecule has 0 unspecified atom stereocenters. The molecule has 0 radical (unpaired) electrons. The molecule has 0 saturated carbocycles. The molecule has 3 N–H and O–H groups in total. The van der Waals surface area contributed by atoms with Crippen molar-refractivity contribution >= 4 is 39.1 Å². The average molecular weight is 369 g/mol. The van der Waals surface area contributed by atoms with Gasteiger partial charge in [-0.1, -0.05) is 39.7 Å². The van der Waals surface area contributed by atoms with Crippen LogP contribution < -0.4 is 11.3 Å². The summed E-state index contributed by atoms with van der Waals surface area (Å²) in [5, 5.41) is 0.495. The number of hydrogen-bond acceptors (Lipinski definition) is 3. The summed E-state index contributed by atoms with van der Waals surface area (Å²) in [4.78, 5) is 14.1. The second kappa shape index (κ2) is 6.93. The third kappa shape index (κ3) is 3.97. The minimum Gasteiger partial charge on any atom is -0.337 e. The molecule has 110 valence electrons. The Morgan fingerprint density at radius 1 is 1.29 bits per heavy atom. The summed E-state index contributed by atoms with van der Waals surface area (Å²) in [5.74, 6) is 5.29. The topological polar surface area (TPSA) is 58.4 Å². The van der Waals surface area contributed by atoms with Gasteiger partial charge in [0.05, 0.1) is 11.3 Å². The Morgan fingerprint density at radius 2 is 1.95 bits per heavy atom. The number of anilines is 1. The lowest BCUT2D eigenvalue weighted by molar-refractivity contribution is 0.0786. The largest absolute Gasteiger partial charge is 0.337 e. The monoisotopic (exact) mass is 367 g/mol. The van der Waals surface area contributed by atoms with Gasteiger partial charge < -0.3 is 10.3 Å². The quantitative estimate of drug-likeness (QED) is 0.639. The molecule has 2 aromatic carbocycles. The van der Waals surface area contributed by atoms with Gasteiger partial charge in [0.25, 0.3) is 5.91 Å². The summed E-state index contributed by atoms with van der Waals surface area (Å²) in [7, 11) is 1.74. The van der Waals surface area contributed by atoms with Crippen molar-refractivity contribution in [3.05, 3.63) is 63.1 Å². The predicted octanol–water partition coefficient (Wildman–Crippen LogP) is 3.66. The smallest absolute Gasteiger partial charge is 0.256 e. The minimum absolute atomic E-state index is 0.145. The normalized spacial score (nSPS) is 10.3. The van der Waals surface area contributed by atoms with E-state index in [2.05, 4.69) is 21.4 Å². The molecular formula is C15H15BrClN3O. The zero-order chi connectivity index (χ0) is 15.4. The number of carbonyl (C=O) groups is 1. The molecule has 0 aromatic heterocycles. The average Bonchev–Trinajstić information content (AvgIpc) is 2.48. The van der Waals surface area contributed by atoms with E-state index in [4.69, 9.17) is 17.4 Å². The lowest BCUT2D eigenvalue weighted by Crippen LogP contribution is -2.27. The van der Waals surface area contributed by atoms with E-state index in [-0.39, 0.29) is 5.91 Å². The fourth-order valence-corrected chi connectivity index (χ4v) is 2.40. The third-order valence-corrected chi connectivity index (χ3v) is 3.81. The first kappa shape index (κ1) is 15.8. The number of rotatable bonds is 4. The molecule has 0 aliphatic carbocycles. The van der Waals surface area contributed by atoms with Crippen LogP contribution in [-0.2, 0) is 6.54 Å². The molecule has 0 heterocycles. The number of nitrogens with one attached hydrogen (secondary N) is 1. The number of nitrogen functional groups attached to an aromatic ring is 1. The molecule has 0 spiro atoms. The minimum atomic E-state index is -0.145. The second-order valence-electron chi connectivity index (χ2n) is 4.62. The summed E-state index contributed by atoms with van der Waals surface area (Å²) in [6.07, 6.45) is 0. The van der Waals surface area contributed by atoms with Crippen LogP contribution in [0.2, 0.25) is 5.02 Å². The number of hydrogen-bond donors (Lipinski definition) is 2. The Labute approximate surface area is 137 Å². The number of halogens is 2. The van der Waals surface area contributed by atoms with Gasteiger partial charge in [0.15, 0.2) is 0 Å². The Balaban J connectivity index is 2.19. The van der Waals surface area contributed by atoms with Crippen molar-refractivity contribution in [2.45, 2.75) is 6.54 Å². The van der Waals surface area contributed by atoms with Crippen LogP contribution in [0.1, 0.15) is 15.9 Å². The number of nitrogens with zero attached hydrogens (tertiary/aromatic N) is 1. The number of nitrogens with two attached hydrogens (primary N) is 1. The highest BCUT2D eigenvalue weighted by molar-refractivity contribution is 9.10. The Kier molecular flexibility index (Phi) is 5.22. The van der Waals surface area contributed by atoms with Crippen LogP contribution in [0.5, 0.6) is 0 Å². The molecule has 21 heavy (non-hydrogen) atoms. The Bertz CT molecular complexity index is 646. The molecule has 4 nitrogen and oxygen atoms in total. The summed E-state index contributed by atoms with van der Waals surface area (Å²) < 4.78 is 1.00. The molecule has 2 aromatic rings. The van der Waals surface area contributed by atoms with Crippen molar-refractivity contribution in [3.63, 3.8) is 0 Å². The summed E-state index contributed by atoms with van der Waals surface area (Å²) >= 11 is 9.34. The molecule has 0 aliphatic heterocycles. The third-order valence-electron chi connectivity index (χ3n) is 3.05. The van der Waals surface area contributed by atoms with Crippen LogP contribution >= 0.6 is 27.5 Å². The van der Waals surface area contributed by atoms with Gasteiger partial charge in [-0.2, -0.15) is 0 Å². The van der Waals surface area contributed by atoms with Gasteiger partial charge in [0, 0.05) is 23.1 Å². The molecule has 0 saturated heterocycles. The highest BCUT2D eigenvalue weighted by atomic mass is 79.9. The van der Waals surface area contributed by atoms with Gasteiger partial charge in [-0.05, 0) is 35.9 Å². The van der Waals surface area contributed by atoms with Crippen molar-refractivity contribution in [3.8, 4) is 0 Å². The van der Waals surface area contributed by atoms with Crippen LogP contribution in [0.25, 0.3) is 0 Å². The van der Waals surface area contributed by atoms with Gasteiger partial charge in [-0.25, -0.2) is 0 Å². The zero-order valence-corrected chi connectivity index (χ0v) is 13.8. The molecule has 0 bridgehead atoms. The van der Waals surface area contributed by atoms with Crippen LogP contribution in [0.3, 0.4) is 0 Å². The number of hydrazine groups is 1. The van der Waals surface area contributed by atoms with Gasteiger partial charge in [0.1, 0.15) is 0 Å². The van der Waals surface area contributed by atoms with Crippen molar-refractivity contribution in [1.82, 2.24) is 4.90 Å². The Hall–Kier alpha value is -1.56. The van der Waals surface area contributed by atoms with Crippen LogP contribution in [0.15, 0.2) is 46.9 Å². The van der Waals surface area contributed by atoms with E-state index in [1.165, 1.54) is 0 Å². The SMILES string of the molecule is CN(Cc1ccc(Br)cc1)C(=O)c1cc(Cl)ccc1NN. The number of amides is 1. The molecule has 0 atom stereocenters. The van der Waals surface area contributed by atoms with Crippen LogP contribution in [0, 0.1) is 0 Å². The fraction of sp³-hybridized carbons (Fsp3) is 0.133. The van der Waals surface area contributed by atoms with Gasteiger partial charge in [0.2, 0.25) is 0 Å². The highest BCUT2D eigenvalue weighted by Gasteiger charge is 2.16. The van der Waals surface area contributed by atoms with E-state index >= 15 is 0 Å².